The molecule has 172 valence electrons. The summed E-state index contributed by atoms with van der Waals surface area (Å²) in [4.78, 5) is 0. The highest BCUT2D eigenvalue weighted by molar-refractivity contribution is 5.15. The van der Waals surface area contributed by atoms with Crippen molar-refractivity contribution in [3.63, 3.8) is 0 Å². The molecular formula is C26H32O6. The quantitative estimate of drug-likeness (QED) is 0.718. The zero-order chi connectivity index (χ0) is 22.0. The minimum Gasteiger partial charge on any atom is -0.387 e. The van der Waals surface area contributed by atoms with Crippen LogP contribution in [0.15, 0.2) is 60.7 Å². The molecule has 0 aromatic heterocycles. The Morgan fingerprint density at radius 3 is 1.56 bits per heavy atom. The molecule has 5 rings (SSSR count). The highest BCUT2D eigenvalue weighted by atomic mass is 16.8. The van der Waals surface area contributed by atoms with E-state index in [2.05, 4.69) is 0 Å². The SMILES string of the molecule is O[C@@H]1[C@H](O)[C@@H](OCc2ccccc2)[C@@H]2OC3(CCCCC3)O[C@@H]2[C@@H]1OCc1ccccc1. The van der Waals surface area contributed by atoms with Crippen molar-refractivity contribution in [3.8, 4) is 0 Å². The molecule has 6 heteroatoms. The van der Waals surface area contributed by atoms with Gasteiger partial charge in [-0.3, -0.25) is 0 Å². The van der Waals surface area contributed by atoms with E-state index < -0.39 is 42.4 Å². The lowest BCUT2D eigenvalue weighted by molar-refractivity contribution is -0.223. The second-order valence-electron chi connectivity index (χ2n) is 9.14. The Morgan fingerprint density at radius 2 is 1.12 bits per heavy atom. The van der Waals surface area contributed by atoms with Gasteiger partial charge in [-0.1, -0.05) is 67.1 Å². The standard InChI is InChI=1S/C26H32O6/c27-20-21(28)23(30-17-19-12-6-2-7-13-19)25-24(31-26(32-25)14-8-3-9-15-26)22(20)29-16-18-10-4-1-5-11-18/h1-2,4-7,10-13,20-25,27-28H,3,8-9,14-17H2/t20-,21+,22-,23-,24-,25+/m1/s1. The molecule has 1 spiro atoms. The maximum absolute atomic E-state index is 11.0. The van der Waals surface area contributed by atoms with Crippen molar-refractivity contribution >= 4 is 0 Å². The van der Waals surface area contributed by atoms with Crippen molar-refractivity contribution in [2.75, 3.05) is 0 Å². The molecule has 2 aliphatic carbocycles. The zero-order valence-electron chi connectivity index (χ0n) is 18.2. The summed E-state index contributed by atoms with van der Waals surface area (Å²) in [6.45, 7) is 0.648. The molecule has 1 heterocycles. The highest BCUT2D eigenvalue weighted by Crippen LogP contribution is 2.46. The molecule has 3 fully saturated rings. The van der Waals surface area contributed by atoms with Gasteiger partial charge in [0.05, 0.1) is 13.2 Å². The number of fused-ring (bicyclic) bond motifs is 1. The summed E-state index contributed by atoms with van der Waals surface area (Å²) in [6.07, 6.45) is 0.174. The molecule has 6 atom stereocenters. The van der Waals surface area contributed by atoms with Gasteiger partial charge in [0.15, 0.2) is 5.79 Å². The van der Waals surface area contributed by atoms with Gasteiger partial charge >= 0.3 is 0 Å². The van der Waals surface area contributed by atoms with Crippen LogP contribution in [0, 0.1) is 0 Å². The minimum absolute atomic E-state index is 0.324. The van der Waals surface area contributed by atoms with E-state index in [1.807, 2.05) is 60.7 Å². The molecule has 0 amide bonds. The van der Waals surface area contributed by atoms with Crippen LogP contribution < -0.4 is 0 Å². The van der Waals surface area contributed by atoms with Crippen LogP contribution in [-0.2, 0) is 32.2 Å². The van der Waals surface area contributed by atoms with Gasteiger partial charge in [-0.2, -0.15) is 0 Å². The molecule has 2 N–H and O–H groups in total. The molecular weight excluding hydrogens is 408 g/mol. The van der Waals surface area contributed by atoms with Gasteiger partial charge < -0.3 is 29.2 Å². The summed E-state index contributed by atoms with van der Waals surface area (Å²) in [5.41, 5.74) is 2.00. The molecule has 1 saturated heterocycles. The third kappa shape index (κ3) is 4.49. The van der Waals surface area contributed by atoms with Gasteiger partial charge in [0.25, 0.3) is 0 Å². The van der Waals surface area contributed by atoms with E-state index in [9.17, 15) is 10.2 Å². The average Bonchev–Trinajstić information content (AvgIpc) is 3.19. The van der Waals surface area contributed by atoms with Gasteiger partial charge in [0.1, 0.15) is 36.6 Å². The van der Waals surface area contributed by atoms with E-state index in [0.717, 1.165) is 43.2 Å². The molecule has 1 aliphatic heterocycles. The molecule has 0 radical (unpaired) electrons. The molecule has 0 unspecified atom stereocenters. The summed E-state index contributed by atoms with van der Waals surface area (Å²) >= 11 is 0. The van der Waals surface area contributed by atoms with E-state index in [4.69, 9.17) is 18.9 Å². The van der Waals surface area contributed by atoms with Crippen molar-refractivity contribution in [2.45, 2.75) is 87.7 Å². The van der Waals surface area contributed by atoms with Crippen LogP contribution >= 0.6 is 0 Å². The number of hydrogen-bond donors (Lipinski definition) is 2. The van der Waals surface area contributed by atoms with Crippen LogP contribution in [0.1, 0.15) is 43.2 Å². The zero-order valence-corrected chi connectivity index (χ0v) is 18.2. The lowest BCUT2D eigenvalue weighted by Crippen LogP contribution is -2.63. The van der Waals surface area contributed by atoms with Crippen molar-refractivity contribution in [3.05, 3.63) is 71.8 Å². The Balaban J connectivity index is 1.36. The van der Waals surface area contributed by atoms with Crippen LogP contribution in [-0.4, -0.2) is 52.6 Å². The van der Waals surface area contributed by atoms with Crippen LogP contribution in [0.2, 0.25) is 0 Å². The first-order chi connectivity index (χ1) is 15.7. The Bertz CT molecular complexity index is 788. The third-order valence-electron chi connectivity index (χ3n) is 6.88. The fourth-order valence-electron chi connectivity index (χ4n) is 5.19. The monoisotopic (exact) mass is 440 g/mol. The van der Waals surface area contributed by atoms with Crippen molar-refractivity contribution in [2.24, 2.45) is 0 Å². The molecule has 32 heavy (non-hydrogen) atoms. The first-order valence-corrected chi connectivity index (χ1v) is 11.7. The topological polar surface area (TPSA) is 77.4 Å². The van der Waals surface area contributed by atoms with Gasteiger partial charge in [-0.05, 0) is 24.0 Å². The molecule has 2 aromatic rings. The average molecular weight is 441 g/mol. The molecule has 6 nitrogen and oxygen atoms in total. The van der Waals surface area contributed by atoms with E-state index in [1.165, 1.54) is 0 Å². The predicted octanol–water partition coefficient (Wildman–Crippen LogP) is 3.34. The largest absolute Gasteiger partial charge is 0.387 e. The fourth-order valence-corrected chi connectivity index (χ4v) is 5.19. The van der Waals surface area contributed by atoms with Crippen molar-refractivity contribution < 1.29 is 29.2 Å². The highest BCUT2D eigenvalue weighted by Gasteiger charge is 2.61. The molecule has 3 aliphatic rings. The van der Waals surface area contributed by atoms with E-state index >= 15 is 0 Å². The molecule has 2 aromatic carbocycles. The molecule has 0 bridgehead atoms. The maximum Gasteiger partial charge on any atom is 0.169 e. The number of aliphatic hydroxyl groups excluding tert-OH is 2. The summed E-state index contributed by atoms with van der Waals surface area (Å²) in [5.74, 6) is -0.680. The Morgan fingerprint density at radius 1 is 0.688 bits per heavy atom. The summed E-state index contributed by atoms with van der Waals surface area (Å²) < 4.78 is 25.3. The number of benzene rings is 2. The Hall–Kier alpha value is -1.80. The Kier molecular flexibility index (Phi) is 6.60. The van der Waals surface area contributed by atoms with Crippen LogP contribution in [0.25, 0.3) is 0 Å². The van der Waals surface area contributed by atoms with Gasteiger partial charge in [0, 0.05) is 12.8 Å². The second kappa shape index (κ2) is 9.59. The summed E-state index contributed by atoms with van der Waals surface area (Å²) in [5, 5.41) is 22.1. The van der Waals surface area contributed by atoms with Crippen LogP contribution in [0.4, 0.5) is 0 Å². The first kappa shape index (κ1) is 22.0. The third-order valence-corrected chi connectivity index (χ3v) is 6.88. The number of rotatable bonds is 6. The first-order valence-electron chi connectivity index (χ1n) is 11.7. The number of ether oxygens (including phenoxy) is 4. The normalized spacial score (nSPS) is 33.8. The van der Waals surface area contributed by atoms with Crippen molar-refractivity contribution in [1.82, 2.24) is 0 Å². The molecule has 2 saturated carbocycles. The van der Waals surface area contributed by atoms with E-state index in [1.54, 1.807) is 0 Å². The van der Waals surface area contributed by atoms with E-state index in [-0.39, 0.29) is 0 Å². The summed E-state index contributed by atoms with van der Waals surface area (Å²) in [6, 6.07) is 19.6. The van der Waals surface area contributed by atoms with Crippen LogP contribution in [0.5, 0.6) is 0 Å². The Labute approximate surface area is 189 Å². The summed E-state index contributed by atoms with van der Waals surface area (Å²) in [7, 11) is 0. The lowest BCUT2D eigenvalue weighted by Gasteiger charge is -2.43. The minimum atomic E-state index is -1.14. The number of aliphatic hydroxyl groups is 2. The lowest BCUT2D eigenvalue weighted by atomic mass is 9.84. The van der Waals surface area contributed by atoms with Gasteiger partial charge in [-0.25, -0.2) is 0 Å². The smallest absolute Gasteiger partial charge is 0.169 e. The predicted molar refractivity (Wildman–Crippen MR) is 118 cm³/mol. The number of hydrogen-bond acceptors (Lipinski definition) is 6. The van der Waals surface area contributed by atoms with Gasteiger partial charge in [-0.15, -0.1) is 0 Å². The fraction of sp³-hybridized carbons (Fsp3) is 0.538. The van der Waals surface area contributed by atoms with E-state index in [0.29, 0.717) is 13.2 Å². The maximum atomic E-state index is 11.0. The van der Waals surface area contributed by atoms with Crippen molar-refractivity contribution in [1.29, 1.82) is 0 Å². The van der Waals surface area contributed by atoms with Gasteiger partial charge in [0.2, 0.25) is 0 Å². The van der Waals surface area contributed by atoms with Crippen LogP contribution in [0.3, 0.4) is 0 Å². The second-order valence-corrected chi connectivity index (χ2v) is 9.14.